The third-order valence-corrected chi connectivity index (χ3v) is 2.75. The van der Waals surface area contributed by atoms with E-state index in [1.54, 1.807) is 17.8 Å². The molecule has 10 nitrogen and oxygen atoms in total. The summed E-state index contributed by atoms with van der Waals surface area (Å²) in [4.78, 5) is 21.2. The Morgan fingerprint density at radius 2 is 2.35 bits per heavy atom. The van der Waals surface area contributed by atoms with Gasteiger partial charge in [0.15, 0.2) is 5.76 Å². The molecule has 0 fully saturated rings. The maximum atomic E-state index is 11.2. The molecule has 0 bridgehead atoms. The molecular weight excluding hydrogens is 306 g/mol. The predicted molar refractivity (Wildman–Crippen MR) is 80.0 cm³/mol. The number of hydrazone groups is 1. The van der Waals surface area contributed by atoms with Crippen molar-refractivity contribution in [3.63, 3.8) is 0 Å². The zero-order valence-electron chi connectivity index (χ0n) is 12.6. The first-order chi connectivity index (χ1) is 11.0. The molecule has 0 spiro atoms. The molecule has 122 valence electrons. The number of hydrogen-bond acceptors (Lipinski definition) is 7. The van der Waals surface area contributed by atoms with Crippen LogP contribution in [0.3, 0.4) is 0 Å². The van der Waals surface area contributed by atoms with Gasteiger partial charge in [-0.25, -0.2) is 10.2 Å². The van der Waals surface area contributed by atoms with E-state index < -0.39 is 11.0 Å². The van der Waals surface area contributed by atoms with E-state index in [9.17, 15) is 14.9 Å². The first-order valence-electron chi connectivity index (χ1n) is 6.83. The molecule has 2 aromatic rings. The maximum absolute atomic E-state index is 11.2. The Morgan fingerprint density at radius 3 is 2.96 bits per heavy atom. The molecule has 1 amide bonds. The van der Waals surface area contributed by atoms with Gasteiger partial charge in [-0.1, -0.05) is 0 Å². The lowest BCUT2D eigenvalue weighted by atomic mass is 10.2. The summed E-state index contributed by atoms with van der Waals surface area (Å²) in [6.45, 7) is 4.39. The van der Waals surface area contributed by atoms with Gasteiger partial charge in [0.05, 0.1) is 18.9 Å². The van der Waals surface area contributed by atoms with Crippen LogP contribution in [0, 0.1) is 10.1 Å². The third kappa shape index (κ3) is 3.93. The number of furan rings is 1. The fourth-order valence-corrected chi connectivity index (χ4v) is 1.76. The fraction of sp³-hybridized carbons (Fsp3) is 0.308. The van der Waals surface area contributed by atoms with Crippen LogP contribution < -0.4 is 5.43 Å². The van der Waals surface area contributed by atoms with E-state index in [2.05, 4.69) is 20.4 Å². The molecule has 0 radical (unpaired) electrons. The second-order valence-electron chi connectivity index (χ2n) is 4.27. The van der Waals surface area contributed by atoms with Crippen LogP contribution in [0.1, 0.15) is 19.4 Å². The Balaban J connectivity index is 2.25. The van der Waals surface area contributed by atoms with Gasteiger partial charge in [0.25, 0.3) is 0 Å². The monoisotopic (exact) mass is 321 g/mol. The van der Waals surface area contributed by atoms with E-state index >= 15 is 0 Å². The van der Waals surface area contributed by atoms with Crippen LogP contribution >= 0.6 is 0 Å². The van der Waals surface area contributed by atoms with Gasteiger partial charge in [0, 0.05) is 18.3 Å². The van der Waals surface area contributed by atoms with Gasteiger partial charge >= 0.3 is 12.0 Å². The highest BCUT2D eigenvalue weighted by Gasteiger charge is 2.18. The molecule has 0 aromatic carbocycles. The number of nitrogens with zero attached hydrogens (tertiary/aromatic N) is 4. The summed E-state index contributed by atoms with van der Waals surface area (Å²) in [6, 6.07) is 2.70. The van der Waals surface area contributed by atoms with E-state index in [4.69, 9.17) is 4.42 Å². The molecule has 0 atom stereocenters. The Morgan fingerprint density at radius 1 is 1.57 bits per heavy atom. The zero-order chi connectivity index (χ0) is 16.8. The minimum atomic E-state index is -0.679. The Hall–Kier alpha value is -3.17. The molecule has 0 aliphatic rings. The highest BCUT2D eigenvalue weighted by atomic mass is 16.6. The second kappa shape index (κ2) is 7.20. The minimum absolute atomic E-state index is 0.233. The molecule has 2 rings (SSSR count). The number of aromatic nitrogens is 2. The van der Waals surface area contributed by atoms with E-state index in [0.29, 0.717) is 17.8 Å². The highest BCUT2D eigenvalue weighted by Crippen LogP contribution is 2.26. The normalized spacial score (nSPS) is 10.9. The van der Waals surface area contributed by atoms with Crippen molar-refractivity contribution in [3.05, 3.63) is 34.0 Å². The molecule has 10 heteroatoms. The number of carbonyl (C=O) groups is 1. The molecule has 0 saturated carbocycles. The quantitative estimate of drug-likeness (QED) is 0.493. The molecule has 1 N–H and O–H groups in total. The summed E-state index contributed by atoms with van der Waals surface area (Å²) < 4.78 is 11.4. The number of rotatable bonds is 6. The molecule has 0 aliphatic carbocycles. The zero-order valence-corrected chi connectivity index (χ0v) is 12.6. The largest absolute Gasteiger partial charge is 0.449 e. The standard InChI is InChI=1S/C13H15N5O5/c1-3-17-8-9(7-14-15-13(19)22-4-2)12(16-17)10-5-6-11(23-10)18(20)21/h5-8H,3-4H2,1-2H3,(H,15,19). The summed E-state index contributed by atoms with van der Waals surface area (Å²) in [5.41, 5.74) is 3.11. The number of aryl methyl sites for hydroxylation is 1. The van der Waals surface area contributed by atoms with Crippen molar-refractivity contribution in [2.75, 3.05) is 6.61 Å². The van der Waals surface area contributed by atoms with Gasteiger partial charge < -0.3 is 9.15 Å². The topological polar surface area (TPSA) is 125 Å². The number of nitro groups is 1. The van der Waals surface area contributed by atoms with Gasteiger partial charge in [-0.15, -0.1) is 0 Å². The average Bonchev–Trinajstić information content (AvgIpc) is 3.13. The summed E-state index contributed by atoms with van der Waals surface area (Å²) >= 11 is 0. The molecular formula is C13H15N5O5. The maximum Gasteiger partial charge on any atom is 0.433 e. The molecule has 23 heavy (non-hydrogen) atoms. The summed E-state index contributed by atoms with van der Waals surface area (Å²) in [5.74, 6) is -0.139. The summed E-state index contributed by atoms with van der Waals surface area (Å²) in [7, 11) is 0. The van der Waals surface area contributed by atoms with Crippen LogP contribution in [0.2, 0.25) is 0 Å². The number of hydrogen-bond donors (Lipinski definition) is 1. The Labute approximate surface area is 130 Å². The van der Waals surface area contributed by atoms with Crippen LogP contribution in [0.25, 0.3) is 11.5 Å². The van der Waals surface area contributed by atoms with Gasteiger partial charge in [0.2, 0.25) is 0 Å². The van der Waals surface area contributed by atoms with Gasteiger partial charge in [-0.3, -0.25) is 14.8 Å². The van der Waals surface area contributed by atoms with Crippen molar-refractivity contribution in [1.29, 1.82) is 0 Å². The van der Waals surface area contributed by atoms with E-state index in [-0.39, 0.29) is 18.3 Å². The molecule has 2 aromatic heterocycles. The SMILES string of the molecule is CCOC(=O)NN=Cc1cn(CC)nc1-c1ccc([N+](=O)[O-])o1. The molecule has 0 saturated heterocycles. The van der Waals surface area contributed by atoms with Crippen molar-refractivity contribution in [2.24, 2.45) is 5.10 Å². The first-order valence-corrected chi connectivity index (χ1v) is 6.83. The van der Waals surface area contributed by atoms with Crippen molar-refractivity contribution in [2.45, 2.75) is 20.4 Å². The lowest BCUT2D eigenvalue weighted by Crippen LogP contribution is -2.18. The number of carbonyl (C=O) groups excluding carboxylic acids is 1. The van der Waals surface area contributed by atoms with E-state index in [1.165, 1.54) is 18.3 Å². The second-order valence-corrected chi connectivity index (χ2v) is 4.27. The first kappa shape index (κ1) is 16.2. The van der Waals surface area contributed by atoms with Crippen LogP contribution in [0.5, 0.6) is 0 Å². The lowest BCUT2D eigenvalue weighted by Gasteiger charge is -1.98. The Bertz CT molecular complexity index is 733. The highest BCUT2D eigenvalue weighted by molar-refractivity contribution is 5.88. The number of amides is 1. The Kier molecular flexibility index (Phi) is 5.07. The van der Waals surface area contributed by atoms with Gasteiger partial charge in [-0.2, -0.15) is 10.2 Å². The van der Waals surface area contributed by atoms with Crippen LogP contribution in [-0.2, 0) is 11.3 Å². The van der Waals surface area contributed by atoms with Crippen LogP contribution in [0.15, 0.2) is 27.8 Å². The number of ether oxygens (including phenoxy) is 1. The van der Waals surface area contributed by atoms with Crippen molar-refractivity contribution in [3.8, 4) is 11.5 Å². The van der Waals surface area contributed by atoms with E-state index in [0.717, 1.165) is 0 Å². The van der Waals surface area contributed by atoms with Crippen molar-refractivity contribution >= 4 is 18.2 Å². The fourth-order valence-electron chi connectivity index (χ4n) is 1.76. The molecule has 2 heterocycles. The van der Waals surface area contributed by atoms with Gasteiger partial charge in [-0.05, 0) is 19.9 Å². The van der Waals surface area contributed by atoms with Crippen LogP contribution in [-0.4, -0.2) is 33.6 Å². The van der Waals surface area contributed by atoms with Gasteiger partial charge in [0.1, 0.15) is 10.6 Å². The van der Waals surface area contributed by atoms with Crippen LogP contribution in [0.4, 0.5) is 10.7 Å². The average molecular weight is 321 g/mol. The molecule has 0 aliphatic heterocycles. The smallest absolute Gasteiger partial charge is 0.433 e. The van der Waals surface area contributed by atoms with Crippen molar-refractivity contribution < 1.29 is 18.9 Å². The van der Waals surface area contributed by atoms with E-state index in [1.807, 2.05) is 6.92 Å². The summed E-state index contributed by atoms with van der Waals surface area (Å²) in [5, 5.41) is 18.7. The minimum Gasteiger partial charge on any atom is -0.449 e. The van der Waals surface area contributed by atoms with Crippen molar-refractivity contribution in [1.82, 2.24) is 15.2 Å². The third-order valence-electron chi connectivity index (χ3n) is 2.75. The summed E-state index contributed by atoms with van der Waals surface area (Å²) in [6.07, 6.45) is 2.36. The number of nitrogens with one attached hydrogen (secondary N) is 1. The lowest BCUT2D eigenvalue weighted by molar-refractivity contribution is -0.401. The predicted octanol–water partition coefficient (Wildman–Crippen LogP) is 2.15. The molecule has 0 unspecified atom stereocenters.